The van der Waals surface area contributed by atoms with Gasteiger partial charge >= 0.3 is 6.03 Å². The number of hydrogen-bond acceptors (Lipinski definition) is 5. The number of rotatable bonds is 6. The number of allylic oxidation sites excluding steroid dienone is 1. The Morgan fingerprint density at radius 2 is 1.94 bits per heavy atom. The molecule has 4 unspecified atom stereocenters. The highest BCUT2D eigenvalue weighted by molar-refractivity contribution is 5.97. The summed E-state index contributed by atoms with van der Waals surface area (Å²) in [7, 11) is 0. The van der Waals surface area contributed by atoms with Gasteiger partial charge in [0, 0.05) is 43.7 Å². The van der Waals surface area contributed by atoms with Crippen molar-refractivity contribution in [3.8, 4) is 0 Å². The van der Waals surface area contributed by atoms with Gasteiger partial charge < -0.3 is 16.0 Å². The standard InChI is InChI=1S/C19H28N6O2.C6H11N/c1-4-20-18(6-5-11-21-13(3)26)25-17-10-9-16-15(22-19(27)23-16)8-7-14(17)12(2)24-25;1-3-5-6-7-4-2/h4-6,14-17H,1,7-11H2,2-3H3,(H,21,26)(H2,22,23,27);4-6H,3H2,1-2H3/b6-5-,20-18?;6-5-,7-4?. The van der Waals surface area contributed by atoms with E-state index in [1.54, 1.807) is 12.4 Å². The van der Waals surface area contributed by atoms with E-state index in [0.717, 1.165) is 37.8 Å². The maximum atomic E-state index is 11.7. The minimum Gasteiger partial charge on any atom is -0.353 e. The Morgan fingerprint density at radius 1 is 1.24 bits per heavy atom. The Balaban J connectivity index is 0.000000509. The molecule has 0 aromatic heterocycles. The number of aliphatic imine (C=N–C) groups is 2. The van der Waals surface area contributed by atoms with Crippen molar-refractivity contribution >= 4 is 29.7 Å². The van der Waals surface area contributed by atoms with Crippen molar-refractivity contribution in [3.63, 3.8) is 0 Å². The van der Waals surface area contributed by atoms with Gasteiger partial charge in [-0.25, -0.2) is 14.8 Å². The van der Waals surface area contributed by atoms with Crippen LogP contribution in [0.2, 0.25) is 0 Å². The fraction of sp³-hybridized carbons (Fsp3) is 0.560. The van der Waals surface area contributed by atoms with Crippen molar-refractivity contribution in [2.45, 2.75) is 77.9 Å². The fourth-order valence-electron chi connectivity index (χ4n) is 4.44. The molecule has 0 bridgehead atoms. The van der Waals surface area contributed by atoms with Crippen LogP contribution in [0.5, 0.6) is 0 Å². The van der Waals surface area contributed by atoms with Gasteiger partial charge in [-0.05, 0) is 52.0 Å². The van der Waals surface area contributed by atoms with Crippen LogP contribution >= 0.6 is 0 Å². The van der Waals surface area contributed by atoms with Crippen LogP contribution in [0.25, 0.3) is 0 Å². The van der Waals surface area contributed by atoms with Crippen LogP contribution in [-0.2, 0) is 4.79 Å². The Kier molecular flexibility index (Phi) is 11.2. The first-order valence-corrected chi connectivity index (χ1v) is 12.0. The molecule has 34 heavy (non-hydrogen) atoms. The van der Waals surface area contributed by atoms with Gasteiger partial charge in [0.1, 0.15) is 5.84 Å². The highest BCUT2D eigenvalue weighted by Crippen LogP contribution is 2.34. The molecule has 3 rings (SSSR count). The topological polar surface area (TPSA) is 111 Å². The molecule has 1 saturated heterocycles. The average molecular weight is 470 g/mol. The van der Waals surface area contributed by atoms with Gasteiger partial charge in [-0.3, -0.25) is 9.79 Å². The SMILES string of the molecule is C=CN=C(/C=C\CNC(C)=O)N1N=C(C)C2CCC3NC(=O)NC3CCC21.CC=N/C=C\CC. The third kappa shape index (κ3) is 7.97. The van der Waals surface area contributed by atoms with Gasteiger partial charge in [0.15, 0.2) is 0 Å². The molecule has 4 atom stereocenters. The third-order valence-corrected chi connectivity index (χ3v) is 6.03. The molecule has 186 valence electrons. The van der Waals surface area contributed by atoms with Gasteiger partial charge in [-0.2, -0.15) is 5.10 Å². The van der Waals surface area contributed by atoms with E-state index in [9.17, 15) is 9.59 Å². The number of nitrogens with one attached hydrogen (secondary N) is 3. The summed E-state index contributed by atoms with van der Waals surface area (Å²) in [5.74, 6) is 0.994. The molecule has 2 aliphatic heterocycles. The molecule has 1 aliphatic carbocycles. The lowest BCUT2D eigenvalue weighted by atomic mass is 9.82. The van der Waals surface area contributed by atoms with Gasteiger partial charge in [0.05, 0.1) is 18.1 Å². The number of carbonyl (C=O) groups is 2. The molecule has 2 fully saturated rings. The second-order valence-corrected chi connectivity index (χ2v) is 8.45. The predicted molar refractivity (Wildman–Crippen MR) is 139 cm³/mol. The molecule has 3 N–H and O–H groups in total. The predicted octanol–water partition coefficient (Wildman–Crippen LogP) is 3.52. The second kappa shape index (κ2) is 14.1. The minimum absolute atomic E-state index is 0.0610. The van der Waals surface area contributed by atoms with Gasteiger partial charge in [-0.1, -0.05) is 25.7 Å². The summed E-state index contributed by atoms with van der Waals surface area (Å²) in [5, 5.41) is 15.6. The fourth-order valence-corrected chi connectivity index (χ4v) is 4.44. The first kappa shape index (κ1) is 27.0. The van der Waals surface area contributed by atoms with Crippen molar-refractivity contribution in [1.82, 2.24) is 21.0 Å². The number of nitrogens with zero attached hydrogens (tertiary/aromatic N) is 4. The monoisotopic (exact) mass is 469 g/mol. The van der Waals surface area contributed by atoms with Crippen molar-refractivity contribution in [2.24, 2.45) is 21.0 Å². The molecule has 0 aromatic carbocycles. The maximum absolute atomic E-state index is 11.7. The zero-order valence-electron chi connectivity index (χ0n) is 20.8. The highest BCUT2D eigenvalue weighted by Gasteiger charge is 2.42. The van der Waals surface area contributed by atoms with E-state index >= 15 is 0 Å². The first-order valence-electron chi connectivity index (χ1n) is 12.0. The van der Waals surface area contributed by atoms with Crippen molar-refractivity contribution in [1.29, 1.82) is 0 Å². The minimum atomic E-state index is -0.0706. The Bertz CT molecular complexity index is 859. The lowest BCUT2D eigenvalue weighted by Crippen LogP contribution is -2.43. The second-order valence-electron chi connectivity index (χ2n) is 8.45. The van der Waals surface area contributed by atoms with Crippen molar-refractivity contribution in [2.75, 3.05) is 6.54 Å². The highest BCUT2D eigenvalue weighted by atomic mass is 16.2. The van der Waals surface area contributed by atoms with Crippen LogP contribution < -0.4 is 16.0 Å². The smallest absolute Gasteiger partial charge is 0.315 e. The summed E-state index contributed by atoms with van der Waals surface area (Å²) in [6, 6.07) is 0.539. The molecule has 9 nitrogen and oxygen atoms in total. The molecule has 3 aliphatic rings. The van der Waals surface area contributed by atoms with Gasteiger partial charge in [-0.15, -0.1) is 0 Å². The Hall–Kier alpha value is -3.23. The van der Waals surface area contributed by atoms with E-state index < -0.39 is 0 Å². The van der Waals surface area contributed by atoms with E-state index in [-0.39, 0.29) is 30.1 Å². The van der Waals surface area contributed by atoms with Crippen LogP contribution in [0.15, 0.2) is 52.3 Å². The molecular weight excluding hydrogens is 430 g/mol. The summed E-state index contributed by atoms with van der Waals surface area (Å²) in [6.45, 7) is 11.7. The first-order chi connectivity index (χ1) is 16.4. The number of hydrazone groups is 1. The number of amides is 3. The number of carbonyl (C=O) groups excluding carboxylic acids is 2. The molecule has 2 heterocycles. The molecule has 3 amide bonds. The summed E-state index contributed by atoms with van der Waals surface area (Å²) in [5.41, 5.74) is 1.10. The normalized spacial score (nSPS) is 26.7. The summed E-state index contributed by atoms with van der Waals surface area (Å²) < 4.78 is 0. The summed E-state index contributed by atoms with van der Waals surface area (Å²) >= 11 is 0. The molecular formula is C25H39N7O2. The zero-order valence-corrected chi connectivity index (χ0v) is 20.8. The third-order valence-electron chi connectivity index (χ3n) is 6.03. The van der Waals surface area contributed by atoms with Crippen LogP contribution in [0.3, 0.4) is 0 Å². The van der Waals surface area contributed by atoms with Gasteiger partial charge in [0.25, 0.3) is 0 Å². The Labute approximate surface area is 203 Å². The summed E-state index contributed by atoms with van der Waals surface area (Å²) in [6.07, 6.45) is 15.7. The molecule has 0 spiro atoms. The van der Waals surface area contributed by atoms with E-state index in [4.69, 9.17) is 5.10 Å². The van der Waals surface area contributed by atoms with Gasteiger partial charge in [0.2, 0.25) is 5.91 Å². The largest absolute Gasteiger partial charge is 0.353 e. The van der Waals surface area contributed by atoms with Crippen LogP contribution in [0.1, 0.15) is 59.8 Å². The van der Waals surface area contributed by atoms with E-state index in [1.165, 1.54) is 13.1 Å². The number of hydrogen-bond donors (Lipinski definition) is 3. The number of urea groups is 1. The lowest BCUT2D eigenvalue weighted by molar-refractivity contribution is -0.118. The van der Waals surface area contributed by atoms with Crippen molar-refractivity contribution in [3.05, 3.63) is 37.2 Å². The van der Waals surface area contributed by atoms with Crippen LogP contribution in [0, 0.1) is 5.92 Å². The quantitative estimate of drug-likeness (QED) is 0.409. The number of amidine groups is 1. The van der Waals surface area contributed by atoms with Crippen molar-refractivity contribution < 1.29 is 9.59 Å². The Morgan fingerprint density at radius 3 is 2.56 bits per heavy atom. The summed E-state index contributed by atoms with van der Waals surface area (Å²) in [4.78, 5) is 31.0. The molecule has 1 saturated carbocycles. The molecule has 0 radical (unpaired) electrons. The maximum Gasteiger partial charge on any atom is 0.315 e. The molecule has 9 heteroatoms. The number of fused-ring (bicyclic) bond motifs is 2. The average Bonchev–Trinajstić information content (AvgIpc) is 3.29. The van der Waals surface area contributed by atoms with Crippen LogP contribution in [-0.4, -0.2) is 59.4 Å². The van der Waals surface area contributed by atoms with Crippen LogP contribution in [0.4, 0.5) is 4.79 Å². The zero-order chi connectivity index (χ0) is 24.9. The van der Waals surface area contributed by atoms with E-state index in [1.807, 2.05) is 30.2 Å². The molecule has 0 aromatic rings. The lowest BCUT2D eigenvalue weighted by Gasteiger charge is -2.32. The van der Waals surface area contributed by atoms with E-state index in [2.05, 4.69) is 46.4 Å². The van der Waals surface area contributed by atoms with E-state index in [0.29, 0.717) is 18.3 Å².